The topological polar surface area (TPSA) is 64.5 Å². The van der Waals surface area contributed by atoms with Crippen LogP contribution in [0.25, 0.3) is 0 Å². The molecule has 1 unspecified atom stereocenters. The Morgan fingerprint density at radius 2 is 1.57 bits per heavy atom. The maximum absolute atomic E-state index is 10.2. The van der Waals surface area contributed by atoms with Crippen LogP contribution in [0.15, 0.2) is 71.9 Å². The number of rotatable bonds is 4. The van der Waals surface area contributed by atoms with Crippen molar-refractivity contribution in [2.75, 3.05) is 5.43 Å². The molecule has 1 heterocycles. The molecule has 1 aliphatic heterocycles. The normalized spacial score (nSPS) is 18.0. The molecule has 0 saturated carbocycles. The molecule has 0 saturated heterocycles. The van der Waals surface area contributed by atoms with Crippen LogP contribution in [0.5, 0.6) is 0 Å². The van der Waals surface area contributed by atoms with Gasteiger partial charge in [0.2, 0.25) is 0 Å². The number of quaternary nitrogens is 1. The molecule has 21 heavy (non-hydrogen) atoms. The SMILES string of the molecule is O[N+](O)(Nc1ccccc1)C1=CSC(c2ccccc2)N1. The van der Waals surface area contributed by atoms with Crippen LogP contribution in [0.3, 0.4) is 0 Å². The lowest BCUT2D eigenvalue weighted by Crippen LogP contribution is -2.49. The summed E-state index contributed by atoms with van der Waals surface area (Å²) in [5.74, 6) is 0.276. The molecule has 0 amide bonds. The number of benzene rings is 2. The third-order valence-corrected chi connectivity index (χ3v) is 4.11. The Morgan fingerprint density at radius 1 is 0.952 bits per heavy atom. The first-order valence-electron chi connectivity index (χ1n) is 6.51. The van der Waals surface area contributed by atoms with Crippen LogP contribution in [0.2, 0.25) is 0 Å². The average molecular weight is 302 g/mol. The van der Waals surface area contributed by atoms with Gasteiger partial charge in [-0.05, 0) is 17.7 Å². The van der Waals surface area contributed by atoms with E-state index in [-0.39, 0.29) is 11.2 Å². The summed E-state index contributed by atoms with van der Waals surface area (Å²) in [6.07, 6.45) is 0. The molecule has 4 N–H and O–H groups in total. The molecule has 6 heteroatoms. The van der Waals surface area contributed by atoms with Crippen molar-refractivity contribution in [3.05, 3.63) is 77.5 Å². The van der Waals surface area contributed by atoms with Crippen LogP contribution in [-0.2, 0) is 0 Å². The van der Waals surface area contributed by atoms with E-state index in [1.54, 1.807) is 17.5 Å². The summed E-state index contributed by atoms with van der Waals surface area (Å²) < 4.78 is 0. The second-order valence-corrected chi connectivity index (χ2v) is 5.63. The van der Waals surface area contributed by atoms with Crippen LogP contribution >= 0.6 is 11.8 Å². The summed E-state index contributed by atoms with van der Waals surface area (Å²) >= 11 is 1.49. The summed E-state index contributed by atoms with van der Waals surface area (Å²) in [5, 5.41) is 25.1. The third-order valence-electron chi connectivity index (χ3n) is 3.09. The third kappa shape index (κ3) is 3.20. The predicted molar refractivity (Wildman–Crippen MR) is 81.9 cm³/mol. The van der Waals surface area contributed by atoms with Crippen molar-refractivity contribution in [1.82, 2.24) is 5.32 Å². The second kappa shape index (κ2) is 5.79. The van der Waals surface area contributed by atoms with E-state index in [9.17, 15) is 10.4 Å². The molecule has 2 aromatic carbocycles. The first kappa shape index (κ1) is 14.0. The van der Waals surface area contributed by atoms with Gasteiger partial charge in [-0.25, -0.2) is 0 Å². The number of hydrogen-bond donors (Lipinski definition) is 4. The number of nitrogens with one attached hydrogen (secondary N) is 2. The van der Waals surface area contributed by atoms with Gasteiger partial charge in [-0.2, -0.15) is 5.43 Å². The molecule has 1 atom stereocenters. The highest BCUT2D eigenvalue weighted by Gasteiger charge is 2.37. The summed E-state index contributed by atoms with van der Waals surface area (Å²) in [7, 11) is 0. The van der Waals surface area contributed by atoms with Crippen molar-refractivity contribution < 1.29 is 15.3 Å². The monoisotopic (exact) mass is 302 g/mol. The average Bonchev–Trinajstić information content (AvgIpc) is 2.99. The Balaban J connectivity index is 1.70. The van der Waals surface area contributed by atoms with Crippen molar-refractivity contribution in [1.29, 1.82) is 0 Å². The van der Waals surface area contributed by atoms with Gasteiger partial charge in [-0.1, -0.05) is 60.3 Å². The molecule has 0 aromatic heterocycles. The summed E-state index contributed by atoms with van der Waals surface area (Å²) in [6.45, 7) is 0. The van der Waals surface area contributed by atoms with E-state index in [4.69, 9.17) is 0 Å². The predicted octanol–water partition coefficient (Wildman–Crippen LogP) is 3.44. The fourth-order valence-corrected chi connectivity index (χ4v) is 3.02. The lowest BCUT2D eigenvalue weighted by atomic mass is 10.2. The molecule has 2 aromatic rings. The fourth-order valence-electron chi connectivity index (χ4n) is 2.04. The standard InChI is InChI=1S/C15H16N3O2S/c19-18(20,17-13-9-5-2-6-10-13)14-11-21-15(16-14)12-7-3-1-4-8-12/h1-11,15-17,19-20H/q+1. The minimum atomic E-state index is -1.42. The molecule has 0 spiro atoms. The molecule has 0 bridgehead atoms. The molecule has 108 valence electrons. The Morgan fingerprint density at radius 3 is 2.24 bits per heavy atom. The zero-order valence-corrected chi connectivity index (χ0v) is 12.0. The van der Waals surface area contributed by atoms with Gasteiger partial charge in [0.05, 0.1) is 16.0 Å². The summed E-state index contributed by atoms with van der Waals surface area (Å²) in [6, 6.07) is 18.9. The summed E-state index contributed by atoms with van der Waals surface area (Å²) in [5.41, 5.74) is 4.32. The van der Waals surface area contributed by atoms with Crippen molar-refractivity contribution in [2.45, 2.75) is 5.37 Å². The van der Waals surface area contributed by atoms with E-state index in [1.165, 1.54) is 11.8 Å². The van der Waals surface area contributed by atoms with Crippen LogP contribution in [0.4, 0.5) is 5.69 Å². The van der Waals surface area contributed by atoms with Crippen molar-refractivity contribution in [3.63, 3.8) is 0 Å². The molecular weight excluding hydrogens is 286 g/mol. The number of thioether (sulfide) groups is 1. The minimum absolute atomic E-state index is 0.0319. The first-order chi connectivity index (χ1) is 10.1. The van der Waals surface area contributed by atoms with E-state index in [0.717, 1.165) is 5.56 Å². The molecule has 5 nitrogen and oxygen atoms in total. The van der Waals surface area contributed by atoms with E-state index < -0.39 is 4.92 Å². The Hall–Kier alpha value is -1.99. The van der Waals surface area contributed by atoms with Gasteiger partial charge < -0.3 is 5.32 Å². The molecule has 3 rings (SSSR count). The van der Waals surface area contributed by atoms with Crippen molar-refractivity contribution in [2.24, 2.45) is 0 Å². The summed E-state index contributed by atoms with van der Waals surface area (Å²) in [4.78, 5) is -1.42. The number of nitrogens with zero attached hydrogens (tertiary/aromatic N) is 1. The zero-order valence-electron chi connectivity index (χ0n) is 11.2. The Labute approximate surface area is 127 Å². The van der Waals surface area contributed by atoms with E-state index in [2.05, 4.69) is 10.7 Å². The van der Waals surface area contributed by atoms with Crippen LogP contribution < -0.4 is 10.7 Å². The van der Waals surface area contributed by atoms with Crippen LogP contribution in [0.1, 0.15) is 10.9 Å². The van der Waals surface area contributed by atoms with Gasteiger partial charge in [0.25, 0.3) is 0 Å². The van der Waals surface area contributed by atoms with Gasteiger partial charge in [0.15, 0.2) is 0 Å². The number of para-hydroxylation sites is 1. The highest BCUT2D eigenvalue weighted by molar-refractivity contribution is 8.02. The highest BCUT2D eigenvalue weighted by atomic mass is 32.2. The minimum Gasteiger partial charge on any atom is -0.317 e. The van der Waals surface area contributed by atoms with Gasteiger partial charge in [0.1, 0.15) is 5.37 Å². The van der Waals surface area contributed by atoms with E-state index >= 15 is 0 Å². The van der Waals surface area contributed by atoms with Gasteiger partial charge in [-0.15, -0.1) is 10.4 Å². The lowest BCUT2D eigenvalue weighted by molar-refractivity contribution is -1.21. The first-order valence-corrected chi connectivity index (χ1v) is 7.45. The fraction of sp³-hybridized carbons (Fsp3) is 0.0667. The smallest absolute Gasteiger partial charge is 0.303 e. The largest absolute Gasteiger partial charge is 0.317 e. The molecule has 1 aliphatic rings. The maximum Gasteiger partial charge on any atom is 0.303 e. The Bertz CT molecular complexity index is 632. The van der Waals surface area contributed by atoms with Gasteiger partial charge >= 0.3 is 5.82 Å². The number of anilines is 1. The molecular formula is C15H16N3O2S+. The van der Waals surface area contributed by atoms with E-state index in [0.29, 0.717) is 5.69 Å². The number of hydrogen-bond acceptors (Lipinski definition) is 5. The van der Waals surface area contributed by atoms with Crippen molar-refractivity contribution in [3.8, 4) is 0 Å². The zero-order chi connectivity index (χ0) is 14.7. The highest BCUT2D eigenvalue weighted by Crippen LogP contribution is 2.36. The molecule has 0 radical (unpaired) electrons. The van der Waals surface area contributed by atoms with Gasteiger partial charge in [0, 0.05) is 0 Å². The van der Waals surface area contributed by atoms with Crippen LogP contribution in [0, 0.1) is 0 Å². The molecule has 0 fully saturated rings. The number of hydroxylamine groups is 2. The maximum atomic E-state index is 10.2. The van der Waals surface area contributed by atoms with Gasteiger partial charge in [-0.3, -0.25) is 0 Å². The Kier molecular flexibility index (Phi) is 3.85. The quantitative estimate of drug-likeness (QED) is 0.515. The van der Waals surface area contributed by atoms with Crippen molar-refractivity contribution >= 4 is 17.4 Å². The van der Waals surface area contributed by atoms with Crippen LogP contribution in [-0.4, -0.2) is 15.3 Å². The van der Waals surface area contributed by atoms with E-state index in [1.807, 2.05) is 48.5 Å². The second-order valence-electron chi connectivity index (χ2n) is 4.65. The lowest BCUT2D eigenvalue weighted by Gasteiger charge is -2.23. The molecule has 0 aliphatic carbocycles.